The molecule has 0 fully saturated rings. The van der Waals surface area contributed by atoms with Crippen molar-refractivity contribution in [3.8, 4) is 0 Å². The van der Waals surface area contributed by atoms with Gasteiger partial charge in [0, 0.05) is 24.7 Å². The summed E-state index contributed by atoms with van der Waals surface area (Å²) in [5, 5.41) is 28.4. The van der Waals surface area contributed by atoms with Crippen LogP contribution >= 0.6 is 0 Å². The topological polar surface area (TPSA) is 140 Å². The molecule has 0 bridgehead atoms. The van der Waals surface area contributed by atoms with Crippen LogP contribution in [0.5, 0.6) is 0 Å². The van der Waals surface area contributed by atoms with E-state index in [2.05, 4.69) is 15.8 Å². The molecule has 2 N–H and O–H groups in total. The SMILES string of the molecule is CC(=O)Nc1ccc(/C=N/Nc2c([N+](=O)[O-])cc(C(F)(F)F)cc2[N+](=O)[O-])cc1. The maximum absolute atomic E-state index is 12.9. The molecular formula is C16H12F3N5O5. The Morgan fingerprint density at radius 2 is 1.59 bits per heavy atom. The highest BCUT2D eigenvalue weighted by molar-refractivity contribution is 5.89. The second kappa shape index (κ2) is 8.33. The van der Waals surface area contributed by atoms with E-state index >= 15 is 0 Å². The van der Waals surface area contributed by atoms with Gasteiger partial charge in [0.05, 0.1) is 21.6 Å². The van der Waals surface area contributed by atoms with Crippen LogP contribution in [-0.4, -0.2) is 22.0 Å². The van der Waals surface area contributed by atoms with Gasteiger partial charge in [0.15, 0.2) is 0 Å². The molecule has 2 aromatic carbocycles. The highest BCUT2D eigenvalue weighted by atomic mass is 19.4. The molecular weight excluding hydrogens is 399 g/mol. The van der Waals surface area contributed by atoms with Gasteiger partial charge in [-0.25, -0.2) is 0 Å². The number of anilines is 2. The fourth-order valence-corrected chi connectivity index (χ4v) is 2.21. The second-order valence-electron chi connectivity index (χ2n) is 5.57. The molecule has 0 aliphatic rings. The summed E-state index contributed by atoms with van der Waals surface area (Å²) in [6.45, 7) is 1.32. The Labute approximate surface area is 160 Å². The number of nitro benzene ring substituents is 2. The van der Waals surface area contributed by atoms with Crippen molar-refractivity contribution >= 4 is 34.9 Å². The largest absolute Gasteiger partial charge is 0.416 e. The van der Waals surface area contributed by atoms with Gasteiger partial charge >= 0.3 is 17.6 Å². The predicted molar refractivity (Wildman–Crippen MR) is 96.7 cm³/mol. The number of hydrogen-bond donors (Lipinski definition) is 2. The van der Waals surface area contributed by atoms with E-state index in [4.69, 9.17) is 0 Å². The summed E-state index contributed by atoms with van der Waals surface area (Å²) in [7, 11) is 0. The van der Waals surface area contributed by atoms with E-state index in [-0.39, 0.29) is 18.0 Å². The molecule has 0 aliphatic carbocycles. The lowest BCUT2D eigenvalue weighted by Gasteiger charge is -2.09. The quantitative estimate of drug-likeness (QED) is 0.419. The van der Waals surface area contributed by atoms with Crippen LogP contribution in [0.15, 0.2) is 41.5 Å². The van der Waals surface area contributed by atoms with Crippen molar-refractivity contribution < 1.29 is 27.8 Å². The summed E-state index contributed by atoms with van der Waals surface area (Å²) in [4.78, 5) is 30.8. The predicted octanol–water partition coefficient (Wildman–Crippen LogP) is 3.93. The number of hydrazone groups is 1. The summed E-state index contributed by atoms with van der Waals surface area (Å²) >= 11 is 0. The Balaban J connectivity index is 2.36. The third-order valence-corrected chi connectivity index (χ3v) is 3.44. The molecule has 29 heavy (non-hydrogen) atoms. The monoisotopic (exact) mass is 411 g/mol. The van der Waals surface area contributed by atoms with Gasteiger partial charge in [0.1, 0.15) is 0 Å². The van der Waals surface area contributed by atoms with Gasteiger partial charge in [-0.05, 0) is 17.7 Å². The number of alkyl halides is 3. The molecule has 0 atom stereocenters. The third-order valence-electron chi connectivity index (χ3n) is 3.44. The summed E-state index contributed by atoms with van der Waals surface area (Å²) < 4.78 is 38.6. The Bertz CT molecular complexity index is 954. The van der Waals surface area contributed by atoms with Crippen LogP contribution in [-0.2, 0) is 11.0 Å². The first-order chi connectivity index (χ1) is 13.5. The smallest absolute Gasteiger partial charge is 0.326 e. The zero-order valence-corrected chi connectivity index (χ0v) is 14.6. The molecule has 0 radical (unpaired) electrons. The minimum absolute atomic E-state index is 0.188. The average Bonchev–Trinajstić information content (AvgIpc) is 2.61. The summed E-state index contributed by atoms with van der Waals surface area (Å²) in [6, 6.07) is 6.48. The number of nitro groups is 2. The van der Waals surface area contributed by atoms with Crippen LogP contribution in [0.3, 0.4) is 0 Å². The highest BCUT2D eigenvalue weighted by Gasteiger charge is 2.37. The number of hydrogen-bond acceptors (Lipinski definition) is 7. The van der Waals surface area contributed by atoms with E-state index in [1.165, 1.54) is 31.2 Å². The van der Waals surface area contributed by atoms with E-state index in [9.17, 15) is 38.2 Å². The van der Waals surface area contributed by atoms with E-state index in [1.807, 2.05) is 0 Å². The molecule has 0 heterocycles. The van der Waals surface area contributed by atoms with Crippen molar-refractivity contribution in [3.05, 3.63) is 67.8 Å². The van der Waals surface area contributed by atoms with Crippen LogP contribution in [0.4, 0.5) is 35.9 Å². The number of nitrogens with zero attached hydrogens (tertiary/aromatic N) is 3. The minimum atomic E-state index is -5.01. The molecule has 0 saturated carbocycles. The number of halogens is 3. The fraction of sp³-hybridized carbons (Fsp3) is 0.125. The standard InChI is InChI=1S/C16H12F3N5O5/c1-9(25)21-12-4-2-10(3-5-12)8-20-22-15-13(23(26)27)6-11(16(17,18)19)7-14(15)24(28)29/h2-8,22H,1H3,(H,21,25)/b20-8+. The first-order valence-corrected chi connectivity index (χ1v) is 7.70. The van der Waals surface area contributed by atoms with Crippen molar-refractivity contribution in [2.45, 2.75) is 13.1 Å². The van der Waals surface area contributed by atoms with E-state index in [0.29, 0.717) is 11.3 Å². The van der Waals surface area contributed by atoms with Crippen LogP contribution in [0.2, 0.25) is 0 Å². The van der Waals surface area contributed by atoms with Crippen molar-refractivity contribution in [1.29, 1.82) is 0 Å². The number of nitrogens with one attached hydrogen (secondary N) is 2. The van der Waals surface area contributed by atoms with Gasteiger partial charge < -0.3 is 5.32 Å². The number of carbonyl (C=O) groups is 1. The molecule has 152 valence electrons. The van der Waals surface area contributed by atoms with Gasteiger partial charge in [0.25, 0.3) is 0 Å². The fourth-order valence-electron chi connectivity index (χ4n) is 2.21. The number of rotatable bonds is 6. The minimum Gasteiger partial charge on any atom is -0.326 e. The lowest BCUT2D eigenvalue weighted by Crippen LogP contribution is -2.09. The van der Waals surface area contributed by atoms with Crippen LogP contribution in [0, 0.1) is 20.2 Å². The molecule has 13 heteroatoms. The lowest BCUT2D eigenvalue weighted by molar-refractivity contribution is -0.392. The molecule has 0 aliphatic heterocycles. The zero-order valence-electron chi connectivity index (χ0n) is 14.6. The van der Waals surface area contributed by atoms with E-state index in [0.717, 1.165) is 6.21 Å². The highest BCUT2D eigenvalue weighted by Crippen LogP contribution is 2.41. The summed E-state index contributed by atoms with van der Waals surface area (Å²) in [5.41, 5.74) is -1.61. The first kappa shape index (κ1) is 21.3. The average molecular weight is 411 g/mol. The third kappa shape index (κ3) is 5.47. The normalized spacial score (nSPS) is 11.3. The van der Waals surface area contributed by atoms with Gasteiger partial charge in [0.2, 0.25) is 11.6 Å². The van der Waals surface area contributed by atoms with Crippen molar-refractivity contribution in [1.82, 2.24) is 0 Å². The van der Waals surface area contributed by atoms with Crippen LogP contribution in [0.25, 0.3) is 0 Å². The molecule has 2 aromatic rings. The van der Waals surface area contributed by atoms with Gasteiger partial charge in [-0.2, -0.15) is 18.3 Å². The maximum Gasteiger partial charge on any atom is 0.416 e. The van der Waals surface area contributed by atoms with Gasteiger partial charge in [-0.3, -0.25) is 30.4 Å². The molecule has 0 spiro atoms. The number of carbonyl (C=O) groups excluding carboxylic acids is 1. The van der Waals surface area contributed by atoms with E-state index in [1.54, 1.807) is 0 Å². The summed E-state index contributed by atoms with van der Waals surface area (Å²) in [5.74, 6) is -0.282. The zero-order chi connectivity index (χ0) is 21.8. The molecule has 0 unspecified atom stereocenters. The van der Waals surface area contributed by atoms with Crippen molar-refractivity contribution in [2.24, 2.45) is 5.10 Å². The van der Waals surface area contributed by atoms with Crippen molar-refractivity contribution in [3.63, 3.8) is 0 Å². The van der Waals surface area contributed by atoms with Crippen LogP contribution < -0.4 is 10.7 Å². The Morgan fingerprint density at radius 3 is 2.00 bits per heavy atom. The Kier molecular flexibility index (Phi) is 6.11. The molecule has 0 aromatic heterocycles. The number of benzene rings is 2. The maximum atomic E-state index is 12.9. The number of amides is 1. The molecule has 0 saturated heterocycles. The molecule has 2 rings (SSSR count). The van der Waals surface area contributed by atoms with Crippen LogP contribution in [0.1, 0.15) is 18.1 Å². The lowest BCUT2D eigenvalue weighted by atomic mass is 10.1. The second-order valence-corrected chi connectivity index (χ2v) is 5.57. The van der Waals surface area contributed by atoms with Crippen molar-refractivity contribution in [2.75, 3.05) is 10.7 Å². The van der Waals surface area contributed by atoms with Gasteiger partial charge in [-0.15, -0.1) is 0 Å². The Morgan fingerprint density at radius 1 is 1.07 bits per heavy atom. The van der Waals surface area contributed by atoms with E-state index < -0.39 is 38.6 Å². The first-order valence-electron chi connectivity index (χ1n) is 7.70. The molecule has 10 nitrogen and oxygen atoms in total. The Hall–Kier alpha value is -4.03. The molecule has 1 amide bonds. The summed E-state index contributed by atoms with van der Waals surface area (Å²) in [6.07, 6.45) is -3.87. The van der Waals surface area contributed by atoms with Gasteiger partial charge in [-0.1, -0.05) is 12.1 Å².